The Morgan fingerprint density at radius 3 is 2.13 bits per heavy atom. The van der Waals surface area contributed by atoms with Crippen LogP contribution in [0, 0.1) is 0 Å². The van der Waals surface area contributed by atoms with Crippen molar-refractivity contribution in [1.82, 2.24) is 15.5 Å². The van der Waals surface area contributed by atoms with Gasteiger partial charge in [-0.15, -0.1) is 0 Å². The largest absolute Gasteiger partial charge is 0.325 e. The molecule has 0 aromatic heterocycles. The summed E-state index contributed by atoms with van der Waals surface area (Å²) >= 11 is 0. The second-order valence-corrected chi connectivity index (χ2v) is 8.14. The molecule has 2 aliphatic rings. The molecular formula is C18H25N3O2. The molecule has 23 heavy (non-hydrogen) atoms. The number of nitrogens with one attached hydrogen (secondary N) is 2. The molecule has 3 amide bonds. The van der Waals surface area contributed by atoms with Crippen molar-refractivity contribution in [3.63, 3.8) is 0 Å². The van der Waals surface area contributed by atoms with Gasteiger partial charge in [-0.3, -0.25) is 9.69 Å². The van der Waals surface area contributed by atoms with Crippen molar-refractivity contribution in [1.29, 1.82) is 0 Å². The third kappa shape index (κ3) is 2.98. The van der Waals surface area contributed by atoms with Crippen LogP contribution in [0.3, 0.4) is 0 Å². The number of urea groups is 1. The predicted octanol–water partition coefficient (Wildman–Crippen LogP) is 2.42. The number of benzene rings is 1. The number of hydrogen-bond donors (Lipinski definition) is 2. The first-order valence-electron chi connectivity index (χ1n) is 8.10. The Morgan fingerprint density at radius 1 is 1.00 bits per heavy atom. The van der Waals surface area contributed by atoms with Gasteiger partial charge in [0.1, 0.15) is 5.54 Å². The molecule has 0 saturated carbocycles. The van der Waals surface area contributed by atoms with Gasteiger partial charge in [0, 0.05) is 11.1 Å². The highest BCUT2D eigenvalue weighted by atomic mass is 16.2. The molecule has 0 atom stereocenters. The monoisotopic (exact) mass is 315 g/mol. The third-order valence-corrected chi connectivity index (χ3v) is 4.59. The Bertz CT molecular complexity index is 621. The number of carbonyl (C=O) groups excluding carboxylic acids is 2. The molecule has 0 radical (unpaired) electrons. The van der Waals surface area contributed by atoms with Gasteiger partial charge in [-0.05, 0) is 46.1 Å². The van der Waals surface area contributed by atoms with Crippen LogP contribution in [0.5, 0.6) is 0 Å². The average Bonchev–Trinajstić information content (AvgIpc) is 2.60. The van der Waals surface area contributed by atoms with Crippen LogP contribution in [-0.2, 0) is 11.3 Å². The maximum absolute atomic E-state index is 13.1. The molecule has 2 heterocycles. The second kappa shape index (κ2) is 5.06. The third-order valence-electron chi connectivity index (χ3n) is 4.59. The van der Waals surface area contributed by atoms with Crippen molar-refractivity contribution in [3.8, 4) is 0 Å². The zero-order chi connectivity index (χ0) is 16.9. The van der Waals surface area contributed by atoms with Crippen molar-refractivity contribution in [3.05, 3.63) is 35.9 Å². The number of hydrogen-bond acceptors (Lipinski definition) is 3. The molecule has 124 valence electrons. The summed E-state index contributed by atoms with van der Waals surface area (Å²) in [5, 5.41) is 6.56. The Kier molecular flexibility index (Phi) is 3.52. The second-order valence-electron chi connectivity index (χ2n) is 8.14. The van der Waals surface area contributed by atoms with Gasteiger partial charge in [-0.25, -0.2) is 4.79 Å². The number of amides is 3. The highest BCUT2D eigenvalue weighted by molar-refractivity contribution is 6.07. The lowest BCUT2D eigenvalue weighted by Crippen LogP contribution is -2.68. The first kappa shape index (κ1) is 16.0. The summed E-state index contributed by atoms with van der Waals surface area (Å²) in [5.41, 5.74) is -0.272. The number of rotatable bonds is 2. The molecule has 1 spiro atoms. The molecule has 1 aromatic rings. The van der Waals surface area contributed by atoms with E-state index in [1.807, 2.05) is 30.3 Å². The Balaban J connectivity index is 1.88. The fraction of sp³-hybridized carbons (Fsp3) is 0.556. The number of piperidine rings is 1. The summed E-state index contributed by atoms with van der Waals surface area (Å²) in [6.45, 7) is 8.63. The van der Waals surface area contributed by atoms with E-state index in [4.69, 9.17) is 0 Å². The van der Waals surface area contributed by atoms with Gasteiger partial charge in [0.15, 0.2) is 0 Å². The lowest BCUT2D eigenvalue weighted by molar-refractivity contribution is -0.135. The van der Waals surface area contributed by atoms with E-state index in [0.717, 1.165) is 5.56 Å². The van der Waals surface area contributed by atoms with E-state index in [9.17, 15) is 9.59 Å². The zero-order valence-corrected chi connectivity index (χ0v) is 14.3. The van der Waals surface area contributed by atoms with Gasteiger partial charge in [0.25, 0.3) is 5.91 Å². The van der Waals surface area contributed by atoms with Crippen molar-refractivity contribution < 1.29 is 9.59 Å². The van der Waals surface area contributed by atoms with Gasteiger partial charge in [0.05, 0.1) is 6.54 Å². The molecule has 0 unspecified atom stereocenters. The Morgan fingerprint density at radius 2 is 1.57 bits per heavy atom. The van der Waals surface area contributed by atoms with E-state index in [1.165, 1.54) is 4.90 Å². The quantitative estimate of drug-likeness (QED) is 0.824. The number of carbonyl (C=O) groups is 2. The fourth-order valence-corrected chi connectivity index (χ4v) is 4.40. The van der Waals surface area contributed by atoms with Crippen LogP contribution in [0.1, 0.15) is 46.1 Å². The van der Waals surface area contributed by atoms with Crippen LogP contribution in [-0.4, -0.2) is 33.5 Å². The molecule has 0 bridgehead atoms. The summed E-state index contributed by atoms with van der Waals surface area (Å²) in [6, 6.07) is 9.34. The van der Waals surface area contributed by atoms with E-state index in [2.05, 4.69) is 38.3 Å². The van der Waals surface area contributed by atoms with Crippen LogP contribution in [0.25, 0.3) is 0 Å². The molecule has 2 saturated heterocycles. The number of nitrogens with zero attached hydrogens (tertiary/aromatic N) is 1. The summed E-state index contributed by atoms with van der Waals surface area (Å²) in [7, 11) is 0. The summed E-state index contributed by atoms with van der Waals surface area (Å²) < 4.78 is 0. The molecule has 3 rings (SSSR count). The molecule has 2 N–H and O–H groups in total. The van der Waals surface area contributed by atoms with Crippen LogP contribution >= 0.6 is 0 Å². The van der Waals surface area contributed by atoms with Gasteiger partial charge in [-0.2, -0.15) is 0 Å². The van der Waals surface area contributed by atoms with Gasteiger partial charge in [-0.1, -0.05) is 30.3 Å². The molecule has 5 heteroatoms. The maximum Gasteiger partial charge on any atom is 0.325 e. The minimum Gasteiger partial charge on any atom is -0.323 e. The van der Waals surface area contributed by atoms with Crippen LogP contribution < -0.4 is 10.6 Å². The van der Waals surface area contributed by atoms with Crippen molar-refractivity contribution in [2.45, 2.75) is 63.7 Å². The lowest BCUT2D eigenvalue weighted by Gasteiger charge is -2.50. The van der Waals surface area contributed by atoms with Crippen molar-refractivity contribution in [2.75, 3.05) is 0 Å². The van der Waals surface area contributed by atoms with E-state index in [-0.39, 0.29) is 23.0 Å². The first-order chi connectivity index (χ1) is 10.6. The normalized spacial score (nSPS) is 24.8. The zero-order valence-electron chi connectivity index (χ0n) is 14.3. The van der Waals surface area contributed by atoms with Crippen LogP contribution in [0.4, 0.5) is 4.79 Å². The molecule has 1 aromatic carbocycles. The summed E-state index contributed by atoms with van der Waals surface area (Å²) in [6.07, 6.45) is 1.19. The maximum atomic E-state index is 13.1. The smallest absolute Gasteiger partial charge is 0.323 e. The van der Waals surface area contributed by atoms with E-state index in [1.54, 1.807) is 0 Å². The topological polar surface area (TPSA) is 61.4 Å². The average molecular weight is 315 g/mol. The predicted molar refractivity (Wildman–Crippen MR) is 88.8 cm³/mol. The minimum atomic E-state index is -0.801. The Hall–Kier alpha value is -1.88. The number of imide groups is 1. The van der Waals surface area contributed by atoms with Crippen LogP contribution in [0.15, 0.2) is 30.3 Å². The van der Waals surface area contributed by atoms with E-state index in [0.29, 0.717) is 19.4 Å². The first-order valence-corrected chi connectivity index (χ1v) is 8.10. The molecule has 5 nitrogen and oxygen atoms in total. The summed E-state index contributed by atoms with van der Waals surface area (Å²) in [4.78, 5) is 26.9. The standard InChI is InChI=1S/C18H25N3O2/c1-16(2)11-18(12-17(3,4)20-16)14(22)21(15(23)19-18)10-13-8-6-5-7-9-13/h5-9,20H,10-12H2,1-4H3,(H,19,23). The van der Waals surface area contributed by atoms with Crippen molar-refractivity contribution >= 4 is 11.9 Å². The van der Waals surface area contributed by atoms with Gasteiger partial charge < -0.3 is 10.6 Å². The fourth-order valence-electron chi connectivity index (χ4n) is 4.40. The van der Waals surface area contributed by atoms with Gasteiger partial charge >= 0.3 is 6.03 Å². The van der Waals surface area contributed by atoms with Crippen LogP contribution in [0.2, 0.25) is 0 Å². The minimum absolute atomic E-state index is 0.103. The van der Waals surface area contributed by atoms with Gasteiger partial charge in [0.2, 0.25) is 0 Å². The molecule has 0 aliphatic carbocycles. The highest BCUT2D eigenvalue weighted by Gasteiger charge is 2.58. The van der Waals surface area contributed by atoms with Crippen molar-refractivity contribution in [2.24, 2.45) is 0 Å². The molecule has 2 fully saturated rings. The molecular weight excluding hydrogens is 290 g/mol. The lowest BCUT2D eigenvalue weighted by atomic mass is 9.71. The SMILES string of the molecule is CC1(C)CC2(CC(C)(C)N1)NC(=O)N(Cc1ccccc1)C2=O. The summed E-state index contributed by atoms with van der Waals surface area (Å²) in [5.74, 6) is -0.103. The molecule has 2 aliphatic heterocycles. The highest BCUT2D eigenvalue weighted by Crippen LogP contribution is 2.39. The van der Waals surface area contributed by atoms with E-state index >= 15 is 0 Å². The Labute approximate surface area is 137 Å². The van der Waals surface area contributed by atoms with E-state index < -0.39 is 5.54 Å².